The fourth-order valence-electron chi connectivity index (χ4n) is 3.96. The molecule has 1 unspecified atom stereocenters. The molecule has 0 aliphatic heterocycles. The molecule has 2 saturated carbocycles. The average Bonchev–Trinajstić information content (AvgIpc) is 3.46. The number of benzene rings is 1. The van der Waals surface area contributed by atoms with E-state index in [0.717, 1.165) is 49.8 Å². The van der Waals surface area contributed by atoms with Crippen LogP contribution in [0.3, 0.4) is 0 Å². The molecule has 1 aromatic rings. The summed E-state index contributed by atoms with van der Waals surface area (Å²) in [5.41, 5.74) is 0.758. The van der Waals surface area contributed by atoms with Gasteiger partial charge in [-0.2, -0.15) is 0 Å². The van der Waals surface area contributed by atoms with Crippen molar-refractivity contribution in [2.24, 2.45) is 11.8 Å². The second-order valence-electron chi connectivity index (χ2n) is 7.40. The molecule has 3 rings (SSSR count). The van der Waals surface area contributed by atoms with Crippen molar-refractivity contribution in [3.05, 3.63) is 29.8 Å². The molecule has 2 fully saturated rings. The van der Waals surface area contributed by atoms with Crippen LogP contribution >= 0.6 is 0 Å². The molecule has 24 heavy (non-hydrogen) atoms. The fraction of sp³-hybridized carbons (Fsp3) is 0.650. The van der Waals surface area contributed by atoms with Gasteiger partial charge in [0.15, 0.2) is 0 Å². The minimum atomic E-state index is 0.166. The van der Waals surface area contributed by atoms with Crippen LogP contribution in [0.25, 0.3) is 0 Å². The highest BCUT2D eigenvalue weighted by Crippen LogP contribution is 2.38. The van der Waals surface area contributed by atoms with Crippen molar-refractivity contribution in [1.82, 2.24) is 4.90 Å². The van der Waals surface area contributed by atoms with Crippen molar-refractivity contribution < 1.29 is 14.6 Å². The summed E-state index contributed by atoms with van der Waals surface area (Å²) in [7, 11) is 1.64. The Morgan fingerprint density at radius 3 is 2.12 bits per heavy atom. The summed E-state index contributed by atoms with van der Waals surface area (Å²) in [5, 5.41) is 9.37. The monoisotopic (exact) mass is 331 g/mol. The molecule has 2 aliphatic rings. The van der Waals surface area contributed by atoms with Gasteiger partial charge in [-0.25, -0.2) is 0 Å². The molecule has 1 atom stereocenters. The van der Waals surface area contributed by atoms with Gasteiger partial charge in [0.05, 0.1) is 7.11 Å². The molecule has 0 spiro atoms. The maximum Gasteiger partial charge on any atom is 0.254 e. The number of hydrogen-bond acceptors (Lipinski definition) is 3. The summed E-state index contributed by atoms with van der Waals surface area (Å²) in [4.78, 5) is 15.2. The second-order valence-corrected chi connectivity index (χ2v) is 7.40. The Morgan fingerprint density at radius 1 is 1.12 bits per heavy atom. The van der Waals surface area contributed by atoms with Crippen LogP contribution in [0.4, 0.5) is 0 Å². The van der Waals surface area contributed by atoms with Gasteiger partial charge < -0.3 is 14.7 Å². The lowest BCUT2D eigenvalue weighted by atomic mass is 9.78. The number of carbonyl (C=O) groups excluding carboxylic acids is 1. The highest BCUT2D eigenvalue weighted by molar-refractivity contribution is 5.95. The maximum atomic E-state index is 13.0. The van der Waals surface area contributed by atoms with Gasteiger partial charge in [-0.15, -0.1) is 0 Å². The predicted octanol–water partition coefficient (Wildman–Crippen LogP) is 3.49. The fourth-order valence-corrected chi connectivity index (χ4v) is 3.96. The van der Waals surface area contributed by atoms with Crippen molar-refractivity contribution in [3.8, 4) is 5.75 Å². The average molecular weight is 331 g/mol. The van der Waals surface area contributed by atoms with E-state index in [2.05, 4.69) is 11.8 Å². The molecule has 0 radical (unpaired) electrons. The van der Waals surface area contributed by atoms with E-state index in [1.165, 1.54) is 0 Å². The number of amides is 1. The molecule has 0 bridgehead atoms. The molecule has 1 N–H and O–H groups in total. The normalized spacial score (nSPS) is 25.1. The lowest BCUT2D eigenvalue weighted by molar-refractivity contribution is 0.0545. The third-order valence-corrected chi connectivity index (χ3v) is 5.74. The molecule has 0 aromatic heterocycles. The standard InChI is InChI=1S/C20H29NO3/c1-14(13-22)15-3-7-17(8-4-15)21(18-9-10-18)20(23)16-5-11-19(24-2)12-6-16/h5-6,11-12,14-15,17-18,22H,3-4,7-10,13H2,1-2H3. The molecule has 0 heterocycles. The third-order valence-electron chi connectivity index (χ3n) is 5.74. The largest absolute Gasteiger partial charge is 0.497 e. The van der Waals surface area contributed by atoms with Gasteiger partial charge in [0, 0.05) is 24.3 Å². The number of hydrogen-bond donors (Lipinski definition) is 1. The molecular formula is C20H29NO3. The molecule has 1 amide bonds. The van der Waals surface area contributed by atoms with Crippen LogP contribution < -0.4 is 4.74 Å². The molecule has 132 valence electrons. The van der Waals surface area contributed by atoms with Gasteiger partial charge in [0.1, 0.15) is 5.75 Å². The summed E-state index contributed by atoms with van der Waals surface area (Å²) in [6, 6.07) is 8.24. The Kier molecular flexibility index (Phi) is 5.44. The van der Waals surface area contributed by atoms with E-state index in [0.29, 0.717) is 23.9 Å². The summed E-state index contributed by atoms with van der Waals surface area (Å²) in [6.45, 7) is 2.40. The topological polar surface area (TPSA) is 49.8 Å². The molecule has 1 aromatic carbocycles. The number of carbonyl (C=O) groups is 1. The number of rotatable bonds is 6. The number of methoxy groups -OCH3 is 1. The van der Waals surface area contributed by atoms with Crippen LogP contribution in [0.15, 0.2) is 24.3 Å². The molecule has 4 nitrogen and oxygen atoms in total. The SMILES string of the molecule is COc1ccc(C(=O)N(C2CCC(C(C)CO)CC2)C2CC2)cc1. The summed E-state index contributed by atoms with van der Waals surface area (Å²) < 4.78 is 5.18. The first-order chi connectivity index (χ1) is 11.6. The van der Waals surface area contributed by atoms with Crippen molar-refractivity contribution in [2.45, 2.75) is 57.5 Å². The second kappa shape index (κ2) is 7.56. The number of aliphatic hydroxyl groups is 1. The highest BCUT2D eigenvalue weighted by atomic mass is 16.5. The van der Waals surface area contributed by atoms with Crippen LogP contribution in [0.1, 0.15) is 55.8 Å². The van der Waals surface area contributed by atoms with Gasteiger partial charge in [-0.1, -0.05) is 6.92 Å². The maximum absolute atomic E-state index is 13.0. The molecule has 4 heteroatoms. The quantitative estimate of drug-likeness (QED) is 0.868. The van der Waals surface area contributed by atoms with E-state index in [9.17, 15) is 9.90 Å². The zero-order chi connectivity index (χ0) is 17.1. The Labute approximate surface area is 144 Å². The lowest BCUT2D eigenvalue weighted by Gasteiger charge is -2.38. The smallest absolute Gasteiger partial charge is 0.254 e. The van der Waals surface area contributed by atoms with Crippen LogP contribution in [0.2, 0.25) is 0 Å². The number of aliphatic hydroxyl groups excluding tert-OH is 1. The minimum absolute atomic E-state index is 0.166. The lowest BCUT2D eigenvalue weighted by Crippen LogP contribution is -2.44. The highest BCUT2D eigenvalue weighted by Gasteiger charge is 2.39. The summed E-state index contributed by atoms with van der Waals surface area (Å²) >= 11 is 0. The van der Waals surface area contributed by atoms with Crippen molar-refractivity contribution in [2.75, 3.05) is 13.7 Å². The van der Waals surface area contributed by atoms with E-state index >= 15 is 0 Å². The van der Waals surface area contributed by atoms with Crippen LogP contribution in [0, 0.1) is 11.8 Å². The Bertz CT molecular complexity index is 545. The first-order valence-electron chi connectivity index (χ1n) is 9.21. The first kappa shape index (κ1) is 17.3. The van der Waals surface area contributed by atoms with Gasteiger partial charge >= 0.3 is 0 Å². The first-order valence-corrected chi connectivity index (χ1v) is 9.21. The van der Waals surface area contributed by atoms with Crippen LogP contribution in [0.5, 0.6) is 5.75 Å². The van der Waals surface area contributed by atoms with Gasteiger partial charge in [-0.3, -0.25) is 4.79 Å². The number of ether oxygens (including phenoxy) is 1. The zero-order valence-corrected chi connectivity index (χ0v) is 14.8. The van der Waals surface area contributed by atoms with Crippen LogP contribution in [-0.4, -0.2) is 41.7 Å². The number of nitrogens with zero attached hydrogens (tertiary/aromatic N) is 1. The predicted molar refractivity (Wildman–Crippen MR) is 94.2 cm³/mol. The van der Waals surface area contributed by atoms with Crippen molar-refractivity contribution in [3.63, 3.8) is 0 Å². The van der Waals surface area contributed by atoms with Crippen molar-refractivity contribution in [1.29, 1.82) is 0 Å². The minimum Gasteiger partial charge on any atom is -0.497 e. The summed E-state index contributed by atoms with van der Waals surface area (Å²) in [5.74, 6) is 1.92. The van der Waals surface area contributed by atoms with Crippen molar-refractivity contribution >= 4 is 5.91 Å². The molecule has 0 saturated heterocycles. The summed E-state index contributed by atoms with van der Waals surface area (Å²) in [6.07, 6.45) is 6.63. The van der Waals surface area contributed by atoms with Gasteiger partial charge in [0.2, 0.25) is 0 Å². The van der Waals surface area contributed by atoms with E-state index in [1.54, 1.807) is 7.11 Å². The van der Waals surface area contributed by atoms with Crippen LogP contribution in [-0.2, 0) is 0 Å². The third kappa shape index (κ3) is 3.75. The molecule has 2 aliphatic carbocycles. The van der Waals surface area contributed by atoms with E-state index < -0.39 is 0 Å². The Morgan fingerprint density at radius 2 is 1.67 bits per heavy atom. The van der Waals surface area contributed by atoms with E-state index in [1.807, 2.05) is 24.3 Å². The van der Waals surface area contributed by atoms with E-state index in [4.69, 9.17) is 4.74 Å². The van der Waals surface area contributed by atoms with Gasteiger partial charge in [0.25, 0.3) is 5.91 Å². The zero-order valence-electron chi connectivity index (χ0n) is 14.8. The Hall–Kier alpha value is -1.55. The molecular weight excluding hydrogens is 302 g/mol. The van der Waals surface area contributed by atoms with Gasteiger partial charge in [-0.05, 0) is 74.6 Å². The van der Waals surface area contributed by atoms with E-state index in [-0.39, 0.29) is 12.5 Å². The Balaban J connectivity index is 1.67.